The zero-order valence-corrected chi connectivity index (χ0v) is 9.13. The van der Waals surface area contributed by atoms with Gasteiger partial charge in [0, 0.05) is 91.8 Å². The minimum Gasteiger partial charge on any atom is 0 e. The van der Waals surface area contributed by atoms with Gasteiger partial charge in [0.05, 0.1) is 0 Å². The third-order valence-electron chi connectivity index (χ3n) is 0. The summed E-state index contributed by atoms with van der Waals surface area (Å²) < 4.78 is 0. The average Bonchev–Trinajstić information content (AvgIpc) is 0. The third-order valence-corrected chi connectivity index (χ3v) is 0. The second kappa shape index (κ2) is 28.7. The molecule has 5 heteroatoms. The molecule has 0 N–H and O–H groups in total. The van der Waals surface area contributed by atoms with Crippen LogP contribution in [0.5, 0.6) is 0 Å². The Hall–Kier alpha value is 2.87. The Kier molecular flexibility index (Phi) is 259. The van der Waals surface area contributed by atoms with Crippen molar-refractivity contribution in [1.29, 1.82) is 0 Å². The van der Waals surface area contributed by atoms with Gasteiger partial charge >= 0.3 is 0 Å². The maximum Gasteiger partial charge on any atom is 0 e. The fourth-order valence-electron chi connectivity index (χ4n) is 0. The topological polar surface area (TPSA) is 0 Å². The zero-order valence-electron chi connectivity index (χ0n) is 1.68. The fraction of sp³-hybridized carbons (Fsp3) is 0. The Morgan fingerprint density at radius 2 is 1.00 bits per heavy atom. The quantitative estimate of drug-likeness (QED) is 0.436. The van der Waals surface area contributed by atoms with Crippen molar-refractivity contribution < 1.29 is 91.8 Å². The third kappa shape index (κ3) is 19.8. The first-order valence-corrected chi connectivity index (χ1v) is 0. The van der Waals surface area contributed by atoms with Gasteiger partial charge in [-0.2, -0.15) is 0 Å². The van der Waals surface area contributed by atoms with Crippen LogP contribution in [0.3, 0.4) is 0 Å². The van der Waals surface area contributed by atoms with E-state index < -0.39 is 0 Å². The summed E-state index contributed by atoms with van der Waals surface area (Å²) in [5.74, 6) is 0. The Morgan fingerprint density at radius 3 is 1.00 bits per heavy atom. The number of rotatable bonds is 0. The molecule has 0 spiro atoms. The van der Waals surface area contributed by atoms with Crippen LogP contribution in [0.15, 0.2) is 0 Å². The Bertz CT molecular complexity index is 11.6. The molecule has 0 fully saturated rings. The second-order valence-corrected chi connectivity index (χ2v) is 0. The molecule has 0 aromatic carbocycles. The molecule has 0 saturated carbocycles. The Balaban J connectivity index is 0. The summed E-state index contributed by atoms with van der Waals surface area (Å²) in [7, 11) is 0. The van der Waals surface area contributed by atoms with Gasteiger partial charge in [-0.25, -0.2) is 0 Å². The molecule has 0 aliphatic rings. The Labute approximate surface area is 90.5 Å². The second-order valence-electron chi connectivity index (χ2n) is 0. The Morgan fingerprint density at radius 1 is 1.00 bits per heavy atom. The van der Waals surface area contributed by atoms with Crippen LogP contribution in [-0.4, -0.2) is 0 Å². The molecule has 46 valence electrons. The predicted molar refractivity (Wildman–Crippen MR) is 0 cm³/mol. The van der Waals surface area contributed by atoms with E-state index in [-0.39, 0.29) is 91.8 Å². The van der Waals surface area contributed by atoms with Gasteiger partial charge in [0.2, 0.25) is 0 Å². The molecule has 2 radical (unpaired) electrons. The van der Waals surface area contributed by atoms with Gasteiger partial charge in [0.25, 0.3) is 0 Å². The number of hydrogen-bond acceptors (Lipinski definition) is 0. The fourth-order valence-corrected chi connectivity index (χ4v) is 0. The van der Waals surface area contributed by atoms with E-state index in [0.717, 1.165) is 0 Å². The van der Waals surface area contributed by atoms with Crippen molar-refractivity contribution in [2.75, 3.05) is 0 Å². The van der Waals surface area contributed by atoms with E-state index in [2.05, 4.69) is 0 Å². The maximum absolute atomic E-state index is 0. The molecule has 0 atom stereocenters. The van der Waals surface area contributed by atoms with E-state index in [0.29, 0.717) is 0 Å². The van der Waals surface area contributed by atoms with Crippen molar-refractivity contribution in [3.05, 3.63) is 0 Å². The minimum atomic E-state index is 0. The van der Waals surface area contributed by atoms with Crippen molar-refractivity contribution in [3.63, 3.8) is 0 Å². The molecule has 0 aromatic heterocycles. The first-order chi connectivity index (χ1) is 0. The molecule has 0 amide bonds. The van der Waals surface area contributed by atoms with Crippen LogP contribution in [0.2, 0.25) is 0 Å². The summed E-state index contributed by atoms with van der Waals surface area (Å²) in [6.07, 6.45) is 0. The molecular formula is CoCuNiPdW. The summed E-state index contributed by atoms with van der Waals surface area (Å²) in [6, 6.07) is 0. The van der Waals surface area contributed by atoms with E-state index in [1.807, 2.05) is 0 Å². The van der Waals surface area contributed by atoms with Crippen LogP contribution in [0.1, 0.15) is 0 Å². The monoisotopic (exact) mass is 470 g/mol. The van der Waals surface area contributed by atoms with Crippen LogP contribution in [0, 0.1) is 0 Å². The molecule has 0 bridgehead atoms. The SMILES string of the molecule is [Co].[Cu].[Ni].[Pd].[W]. The van der Waals surface area contributed by atoms with E-state index >= 15 is 0 Å². The normalized spacial score (nSPS) is 0. The maximum atomic E-state index is 0. The summed E-state index contributed by atoms with van der Waals surface area (Å²) in [5, 5.41) is 0. The summed E-state index contributed by atoms with van der Waals surface area (Å²) in [5.41, 5.74) is 0. The molecule has 5 heavy (non-hydrogen) atoms. The van der Waals surface area contributed by atoms with E-state index in [1.165, 1.54) is 0 Å². The summed E-state index contributed by atoms with van der Waals surface area (Å²) in [6.45, 7) is 0. The average molecular weight is 471 g/mol. The first-order valence-electron chi connectivity index (χ1n) is 0. The predicted octanol–water partition coefficient (Wildman–Crippen LogP) is -0.0125. The molecule has 0 aliphatic heterocycles. The van der Waals surface area contributed by atoms with E-state index in [4.69, 9.17) is 0 Å². The largest absolute Gasteiger partial charge is 0 e. The molecule has 0 aromatic rings. The van der Waals surface area contributed by atoms with Gasteiger partial charge in [-0.3, -0.25) is 0 Å². The van der Waals surface area contributed by atoms with Crippen LogP contribution < -0.4 is 0 Å². The molecule has 0 unspecified atom stereocenters. The van der Waals surface area contributed by atoms with Crippen LogP contribution in [-0.2, 0) is 91.8 Å². The van der Waals surface area contributed by atoms with Gasteiger partial charge in [0.15, 0.2) is 0 Å². The summed E-state index contributed by atoms with van der Waals surface area (Å²) in [4.78, 5) is 0. The van der Waals surface area contributed by atoms with Gasteiger partial charge in [-0.05, 0) is 0 Å². The molecule has 0 rings (SSSR count). The van der Waals surface area contributed by atoms with Crippen molar-refractivity contribution in [2.24, 2.45) is 0 Å². The standard InChI is InChI=1S/Co.Cu.Ni.Pd.W. The van der Waals surface area contributed by atoms with Crippen molar-refractivity contribution >= 4 is 0 Å². The van der Waals surface area contributed by atoms with Gasteiger partial charge < -0.3 is 0 Å². The molecule has 0 saturated heterocycles. The van der Waals surface area contributed by atoms with Gasteiger partial charge in [0.1, 0.15) is 0 Å². The minimum absolute atomic E-state index is 0. The first kappa shape index (κ1) is 45.1. The van der Waals surface area contributed by atoms with Crippen LogP contribution in [0.25, 0.3) is 0 Å². The van der Waals surface area contributed by atoms with E-state index in [9.17, 15) is 0 Å². The van der Waals surface area contributed by atoms with Crippen LogP contribution in [0.4, 0.5) is 0 Å². The molecule has 0 aliphatic carbocycles. The van der Waals surface area contributed by atoms with Crippen molar-refractivity contribution in [1.82, 2.24) is 0 Å². The smallest absolute Gasteiger partial charge is 0 e. The van der Waals surface area contributed by atoms with Crippen molar-refractivity contribution in [2.45, 2.75) is 0 Å². The van der Waals surface area contributed by atoms with Gasteiger partial charge in [-0.1, -0.05) is 0 Å². The van der Waals surface area contributed by atoms with E-state index in [1.54, 1.807) is 0 Å². The molecule has 0 nitrogen and oxygen atoms in total. The number of hydrogen-bond donors (Lipinski definition) is 0. The van der Waals surface area contributed by atoms with Gasteiger partial charge in [-0.15, -0.1) is 0 Å². The zero-order chi connectivity index (χ0) is 0. The summed E-state index contributed by atoms with van der Waals surface area (Å²) >= 11 is 0. The molecular weight excluding hydrogens is 471 g/mol. The van der Waals surface area contributed by atoms with Crippen molar-refractivity contribution in [3.8, 4) is 0 Å². The van der Waals surface area contributed by atoms with Crippen LogP contribution >= 0.6 is 0 Å². The molecule has 0 heterocycles.